The molecule has 0 heterocycles. The van der Waals surface area contributed by atoms with Gasteiger partial charge < -0.3 is 31.9 Å². The van der Waals surface area contributed by atoms with Crippen molar-refractivity contribution in [3.05, 3.63) is 34.9 Å². The number of nitrogens with one attached hydrogen (secondary N) is 3. The van der Waals surface area contributed by atoms with Gasteiger partial charge in [-0.25, -0.2) is 0 Å². The first-order valence-corrected chi connectivity index (χ1v) is 11.0. The molecule has 1 aromatic carbocycles. The monoisotopic (exact) mass is 488 g/mol. The van der Waals surface area contributed by atoms with Crippen molar-refractivity contribution in [2.75, 3.05) is 24.6 Å². The van der Waals surface area contributed by atoms with Crippen LogP contribution in [0.25, 0.3) is 0 Å². The maximum atomic E-state index is 12.2. The summed E-state index contributed by atoms with van der Waals surface area (Å²) in [6.45, 7) is -0.337. The van der Waals surface area contributed by atoms with Crippen molar-refractivity contribution in [2.45, 2.75) is 24.9 Å². The van der Waals surface area contributed by atoms with E-state index in [4.69, 9.17) is 27.5 Å². The van der Waals surface area contributed by atoms with Gasteiger partial charge in [-0.15, -0.1) is 0 Å². The zero-order valence-corrected chi connectivity index (χ0v) is 18.6. The molecule has 0 bridgehead atoms. The number of carbonyl (C=O) groups excluding carboxylic acids is 3. The first-order chi connectivity index (χ1) is 15.1. The Kier molecular flexibility index (Phi) is 12.1. The number of carboxylic acid groups (broad SMARTS) is 2. The zero-order chi connectivity index (χ0) is 24.1. The number of aliphatic carboxylic acids is 2. The summed E-state index contributed by atoms with van der Waals surface area (Å²) in [5, 5.41) is 25.2. The van der Waals surface area contributed by atoms with Gasteiger partial charge in [0.15, 0.2) is 0 Å². The molecule has 0 aliphatic rings. The first-order valence-electron chi connectivity index (χ1n) is 9.49. The van der Waals surface area contributed by atoms with Crippen molar-refractivity contribution in [3.8, 4) is 0 Å². The summed E-state index contributed by atoms with van der Waals surface area (Å²) in [5.74, 6) is -3.57. The molecule has 0 radical (unpaired) electrons. The number of hydrogen-bond acceptors (Lipinski definition) is 7. The van der Waals surface area contributed by atoms with Crippen LogP contribution in [-0.2, 0) is 19.2 Å². The Balaban J connectivity index is 2.51. The number of thioether (sulfide) groups is 1. The van der Waals surface area contributed by atoms with E-state index < -0.39 is 42.4 Å². The highest BCUT2D eigenvalue weighted by molar-refractivity contribution is 7.99. The van der Waals surface area contributed by atoms with Gasteiger partial charge >= 0.3 is 11.9 Å². The van der Waals surface area contributed by atoms with Crippen molar-refractivity contribution >= 4 is 53.0 Å². The third-order valence-electron chi connectivity index (χ3n) is 3.97. The Bertz CT molecular complexity index is 840. The topological polar surface area (TPSA) is 188 Å². The van der Waals surface area contributed by atoms with E-state index >= 15 is 0 Å². The molecule has 1 rings (SSSR count). The van der Waals surface area contributed by atoms with Crippen LogP contribution in [0.3, 0.4) is 0 Å². The molecule has 0 saturated heterocycles. The van der Waals surface area contributed by atoms with Crippen LogP contribution < -0.4 is 21.7 Å². The Morgan fingerprint density at radius 2 is 1.84 bits per heavy atom. The minimum absolute atomic E-state index is 0.106. The lowest BCUT2D eigenvalue weighted by atomic mass is 10.1. The SMILES string of the molecule is N[C@@H](CCC(=O)N[C@@H](CSCCNC(=O)c1cccc(Cl)c1)C(=O)NCC(=O)O)C(=O)O. The predicted molar refractivity (Wildman–Crippen MR) is 119 cm³/mol. The van der Waals surface area contributed by atoms with Gasteiger partial charge in [0.05, 0.1) is 0 Å². The number of benzene rings is 1. The average Bonchev–Trinajstić information content (AvgIpc) is 2.74. The average molecular weight is 489 g/mol. The molecule has 13 heteroatoms. The van der Waals surface area contributed by atoms with E-state index in [9.17, 15) is 24.0 Å². The van der Waals surface area contributed by atoms with Crippen LogP contribution in [0.2, 0.25) is 5.02 Å². The van der Waals surface area contributed by atoms with Gasteiger partial charge in [0.25, 0.3) is 5.91 Å². The summed E-state index contributed by atoms with van der Waals surface area (Å²) in [7, 11) is 0. The molecule has 2 atom stereocenters. The maximum absolute atomic E-state index is 12.2. The van der Waals surface area contributed by atoms with E-state index in [1.807, 2.05) is 0 Å². The highest BCUT2D eigenvalue weighted by Gasteiger charge is 2.22. The van der Waals surface area contributed by atoms with Crippen LogP contribution in [0, 0.1) is 0 Å². The molecule has 7 N–H and O–H groups in total. The third-order valence-corrected chi connectivity index (χ3v) is 5.27. The Hall–Kier alpha value is -2.83. The van der Waals surface area contributed by atoms with Crippen molar-refractivity contribution in [1.29, 1.82) is 0 Å². The van der Waals surface area contributed by atoms with Gasteiger partial charge in [-0.1, -0.05) is 17.7 Å². The van der Waals surface area contributed by atoms with Gasteiger partial charge in [0.1, 0.15) is 18.6 Å². The van der Waals surface area contributed by atoms with E-state index in [-0.39, 0.29) is 31.0 Å². The van der Waals surface area contributed by atoms with Gasteiger partial charge in [-0.3, -0.25) is 24.0 Å². The lowest BCUT2D eigenvalue weighted by molar-refractivity contribution is -0.139. The Morgan fingerprint density at radius 3 is 2.47 bits per heavy atom. The Morgan fingerprint density at radius 1 is 1.12 bits per heavy atom. The fourth-order valence-corrected chi connectivity index (χ4v) is 3.39. The van der Waals surface area contributed by atoms with Crippen molar-refractivity contribution in [2.24, 2.45) is 5.73 Å². The Labute approximate surface area is 193 Å². The minimum atomic E-state index is -1.25. The number of rotatable bonds is 14. The summed E-state index contributed by atoms with van der Waals surface area (Å²) in [5.41, 5.74) is 5.76. The molecule has 0 fully saturated rings. The largest absolute Gasteiger partial charge is 0.480 e. The molecule has 0 saturated carbocycles. The fraction of sp³-hybridized carbons (Fsp3) is 0.421. The molecule has 0 aliphatic carbocycles. The van der Waals surface area contributed by atoms with Crippen LogP contribution >= 0.6 is 23.4 Å². The normalized spacial score (nSPS) is 12.3. The third kappa shape index (κ3) is 11.0. The molecule has 0 unspecified atom stereocenters. The van der Waals surface area contributed by atoms with E-state index in [1.54, 1.807) is 18.2 Å². The lowest BCUT2D eigenvalue weighted by Crippen LogP contribution is -2.49. The van der Waals surface area contributed by atoms with Crippen molar-refractivity contribution < 1.29 is 34.2 Å². The fourth-order valence-electron chi connectivity index (χ4n) is 2.32. The van der Waals surface area contributed by atoms with Crippen LogP contribution in [0.4, 0.5) is 0 Å². The van der Waals surface area contributed by atoms with Gasteiger partial charge in [0.2, 0.25) is 11.8 Å². The van der Waals surface area contributed by atoms with Crippen LogP contribution in [0.15, 0.2) is 24.3 Å². The van der Waals surface area contributed by atoms with Gasteiger partial charge in [-0.05, 0) is 24.6 Å². The summed E-state index contributed by atoms with van der Waals surface area (Å²) < 4.78 is 0. The van der Waals surface area contributed by atoms with Crippen molar-refractivity contribution in [1.82, 2.24) is 16.0 Å². The molecule has 1 aromatic rings. The van der Waals surface area contributed by atoms with E-state index in [0.717, 1.165) is 0 Å². The number of carboxylic acids is 2. The zero-order valence-electron chi connectivity index (χ0n) is 17.0. The quantitative estimate of drug-likeness (QED) is 0.191. The van der Waals surface area contributed by atoms with E-state index in [1.165, 1.54) is 17.8 Å². The molecule has 0 aromatic heterocycles. The van der Waals surface area contributed by atoms with E-state index in [0.29, 0.717) is 16.3 Å². The second-order valence-corrected chi connectivity index (χ2v) is 8.14. The molecule has 3 amide bonds. The molecular formula is C19H25ClN4O7S. The summed E-state index contributed by atoms with van der Waals surface area (Å²) in [4.78, 5) is 57.7. The smallest absolute Gasteiger partial charge is 0.322 e. The predicted octanol–water partition coefficient (Wildman–Crippen LogP) is -0.319. The molecule has 32 heavy (non-hydrogen) atoms. The van der Waals surface area contributed by atoms with Crippen molar-refractivity contribution in [3.63, 3.8) is 0 Å². The number of amides is 3. The maximum Gasteiger partial charge on any atom is 0.322 e. The highest BCUT2D eigenvalue weighted by Crippen LogP contribution is 2.10. The van der Waals surface area contributed by atoms with Gasteiger partial charge in [-0.2, -0.15) is 11.8 Å². The summed E-state index contributed by atoms with van der Waals surface area (Å²) >= 11 is 7.10. The molecule has 176 valence electrons. The molecule has 11 nitrogen and oxygen atoms in total. The molecular weight excluding hydrogens is 464 g/mol. The number of nitrogens with two attached hydrogens (primary N) is 1. The number of carbonyl (C=O) groups is 5. The van der Waals surface area contributed by atoms with Gasteiger partial charge in [0, 0.05) is 35.1 Å². The second kappa shape index (κ2) is 14.3. The van der Waals surface area contributed by atoms with Crippen LogP contribution in [-0.4, -0.2) is 76.6 Å². The number of hydrogen-bond donors (Lipinski definition) is 6. The first kappa shape index (κ1) is 27.2. The highest BCUT2D eigenvalue weighted by atomic mass is 35.5. The summed E-state index contributed by atoms with van der Waals surface area (Å²) in [6, 6.07) is 4.18. The second-order valence-electron chi connectivity index (χ2n) is 6.56. The van der Waals surface area contributed by atoms with Crippen LogP contribution in [0.5, 0.6) is 0 Å². The van der Waals surface area contributed by atoms with E-state index in [2.05, 4.69) is 16.0 Å². The molecule has 0 spiro atoms. The lowest BCUT2D eigenvalue weighted by Gasteiger charge is -2.18. The standard InChI is InChI=1S/C19H25ClN4O7S/c20-12-3-1-2-11(8-12)17(28)22-6-7-32-10-14(18(29)23-9-16(26)27)24-15(25)5-4-13(21)19(30)31/h1-3,8,13-14H,4-7,9-10,21H2,(H,22,28)(H,23,29)(H,24,25)(H,26,27)(H,30,31)/t13-,14-/m0/s1. The minimum Gasteiger partial charge on any atom is -0.480 e. The van der Waals surface area contributed by atoms with Crippen LogP contribution in [0.1, 0.15) is 23.2 Å². The number of halogens is 1. The summed E-state index contributed by atoms with van der Waals surface area (Å²) in [6.07, 6.45) is -0.330. The molecule has 0 aliphatic heterocycles.